The number of hydrogen-bond acceptors (Lipinski definition) is 4. The molecule has 1 aliphatic heterocycles. The van der Waals surface area contributed by atoms with Gasteiger partial charge in [-0.05, 0) is 23.6 Å². The Kier molecular flexibility index (Phi) is 4.11. The molecule has 0 aliphatic carbocycles. The first-order valence-electron chi connectivity index (χ1n) is 7.07. The van der Waals surface area contributed by atoms with Gasteiger partial charge in [0.1, 0.15) is 5.75 Å². The first-order valence-corrected chi connectivity index (χ1v) is 7.95. The van der Waals surface area contributed by atoms with E-state index in [1.54, 1.807) is 28.0 Å². The van der Waals surface area contributed by atoms with Crippen molar-refractivity contribution in [1.29, 1.82) is 0 Å². The number of aromatic hydroxyl groups is 1. The van der Waals surface area contributed by atoms with E-state index >= 15 is 0 Å². The van der Waals surface area contributed by atoms with E-state index in [1.807, 2.05) is 17.5 Å². The lowest BCUT2D eigenvalue weighted by atomic mass is 10.1. The topological polar surface area (TPSA) is 60.9 Å². The third-order valence-electron chi connectivity index (χ3n) is 3.72. The van der Waals surface area contributed by atoms with Gasteiger partial charge < -0.3 is 14.9 Å². The van der Waals surface area contributed by atoms with Gasteiger partial charge in [0, 0.05) is 26.2 Å². The molecule has 22 heavy (non-hydrogen) atoms. The van der Waals surface area contributed by atoms with Crippen LogP contribution in [0.25, 0.3) is 0 Å². The molecule has 1 N–H and O–H groups in total. The Bertz CT molecular complexity index is 676. The Balaban J connectivity index is 1.63. The summed E-state index contributed by atoms with van der Waals surface area (Å²) in [5, 5.41) is 11.6. The number of benzene rings is 1. The Morgan fingerprint density at radius 2 is 1.55 bits per heavy atom. The highest BCUT2D eigenvalue weighted by Crippen LogP contribution is 2.19. The van der Waals surface area contributed by atoms with Gasteiger partial charge in [-0.2, -0.15) is 0 Å². The van der Waals surface area contributed by atoms with Gasteiger partial charge in [-0.15, -0.1) is 11.3 Å². The van der Waals surface area contributed by atoms with Gasteiger partial charge in [-0.1, -0.05) is 18.2 Å². The van der Waals surface area contributed by atoms with Crippen LogP contribution in [0.3, 0.4) is 0 Å². The summed E-state index contributed by atoms with van der Waals surface area (Å²) in [6.45, 7) is 1.97. The summed E-state index contributed by atoms with van der Waals surface area (Å²) in [7, 11) is 0. The lowest BCUT2D eigenvalue weighted by Gasteiger charge is -2.34. The molecular weight excluding hydrogens is 300 g/mol. The van der Waals surface area contributed by atoms with E-state index in [9.17, 15) is 14.7 Å². The van der Waals surface area contributed by atoms with Crippen LogP contribution >= 0.6 is 11.3 Å². The van der Waals surface area contributed by atoms with Gasteiger partial charge in [0.2, 0.25) is 0 Å². The van der Waals surface area contributed by atoms with Crippen LogP contribution in [0.5, 0.6) is 5.75 Å². The molecule has 1 saturated heterocycles. The number of hydrogen-bond donors (Lipinski definition) is 1. The van der Waals surface area contributed by atoms with Crippen LogP contribution in [-0.2, 0) is 0 Å². The molecule has 6 heteroatoms. The maximum absolute atomic E-state index is 12.4. The summed E-state index contributed by atoms with van der Waals surface area (Å²) < 4.78 is 0. The van der Waals surface area contributed by atoms with Gasteiger partial charge in [-0.3, -0.25) is 9.59 Å². The molecule has 1 fully saturated rings. The first kappa shape index (κ1) is 14.6. The molecule has 0 atom stereocenters. The van der Waals surface area contributed by atoms with E-state index in [-0.39, 0.29) is 17.6 Å². The minimum Gasteiger partial charge on any atom is -0.507 e. The number of piperazine rings is 1. The first-order chi connectivity index (χ1) is 10.7. The fourth-order valence-electron chi connectivity index (χ4n) is 2.49. The minimum atomic E-state index is -0.193. The molecule has 0 bridgehead atoms. The summed E-state index contributed by atoms with van der Waals surface area (Å²) in [4.78, 5) is 28.8. The predicted molar refractivity (Wildman–Crippen MR) is 84.2 cm³/mol. The van der Waals surface area contributed by atoms with Crippen LogP contribution in [0.1, 0.15) is 20.0 Å². The second kappa shape index (κ2) is 6.19. The quantitative estimate of drug-likeness (QED) is 0.922. The van der Waals surface area contributed by atoms with Crippen molar-refractivity contribution in [1.82, 2.24) is 9.80 Å². The number of nitrogens with zero attached hydrogens (tertiary/aromatic N) is 2. The second-order valence-electron chi connectivity index (χ2n) is 5.08. The number of rotatable bonds is 2. The average molecular weight is 316 g/mol. The molecule has 114 valence electrons. The monoisotopic (exact) mass is 316 g/mol. The van der Waals surface area contributed by atoms with Gasteiger partial charge in [0.15, 0.2) is 0 Å². The van der Waals surface area contributed by atoms with Crippen molar-refractivity contribution in [3.05, 3.63) is 52.2 Å². The summed E-state index contributed by atoms with van der Waals surface area (Å²) in [5.41, 5.74) is 0.306. The molecule has 5 nitrogen and oxygen atoms in total. The second-order valence-corrected chi connectivity index (χ2v) is 6.03. The van der Waals surface area contributed by atoms with E-state index in [2.05, 4.69) is 0 Å². The maximum atomic E-state index is 12.4. The van der Waals surface area contributed by atoms with E-state index < -0.39 is 0 Å². The van der Waals surface area contributed by atoms with Crippen molar-refractivity contribution in [2.75, 3.05) is 26.2 Å². The smallest absolute Gasteiger partial charge is 0.264 e. The number of thiophene rings is 1. The zero-order valence-corrected chi connectivity index (χ0v) is 12.8. The van der Waals surface area contributed by atoms with Crippen molar-refractivity contribution in [2.45, 2.75) is 0 Å². The predicted octanol–water partition coefficient (Wildman–Crippen LogP) is 2.05. The van der Waals surface area contributed by atoms with Crippen LogP contribution < -0.4 is 0 Å². The molecule has 2 heterocycles. The van der Waals surface area contributed by atoms with Crippen molar-refractivity contribution in [3.8, 4) is 5.75 Å². The lowest BCUT2D eigenvalue weighted by Crippen LogP contribution is -2.50. The van der Waals surface area contributed by atoms with Crippen molar-refractivity contribution in [3.63, 3.8) is 0 Å². The van der Waals surface area contributed by atoms with Gasteiger partial charge in [0.25, 0.3) is 11.8 Å². The average Bonchev–Trinajstić information content (AvgIpc) is 3.09. The molecule has 2 aromatic rings. The Morgan fingerprint density at radius 3 is 2.14 bits per heavy atom. The number of amides is 2. The molecule has 1 aromatic carbocycles. The molecule has 3 rings (SSSR count). The van der Waals surface area contributed by atoms with E-state index in [0.717, 1.165) is 4.88 Å². The van der Waals surface area contributed by atoms with Crippen LogP contribution in [0.15, 0.2) is 41.8 Å². The SMILES string of the molecule is O=C(c1cccs1)N1CCN(C(=O)c2ccccc2O)CC1. The summed E-state index contributed by atoms with van der Waals surface area (Å²) in [5.74, 6) is -0.185. The molecule has 1 aliphatic rings. The highest BCUT2D eigenvalue weighted by Gasteiger charge is 2.26. The Hall–Kier alpha value is -2.34. The third-order valence-corrected chi connectivity index (χ3v) is 4.58. The van der Waals surface area contributed by atoms with Crippen LogP contribution in [0.2, 0.25) is 0 Å². The zero-order chi connectivity index (χ0) is 15.5. The summed E-state index contributed by atoms with van der Waals surface area (Å²) in [6, 6.07) is 10.2. The zero-order valence-electron chi connectivity index (χ0n) is 11.9. The number of carbonyl (C=O) groups excluding carboxylic acids is 2. The lowest BCUT2D eigenvalue weighted by molar-refractivity contribution is 0.0536. The molecule has 0 spiro atoms. The van der Waals surface area contributed by atoms with Gasteiger partial charge >= 0.3 is 0 Å². The normalized spacial score (nSPS) is 14.9. The van der Waals surface area contributed by atoms with Gasteiger partial charge in [0.05, 0.1) is 10.4 Å². The fourth-order valence-corrected chi connectivity index (χ4v) is 3.18. The summed E-state index contributed by atoms with van der Waals surface area (Å²) in [6.07, 6.45) is 0. The number of para-hydroxylation sites is 1. The third kappa shape index (κ3) is 2.82. The number of phenolic OH excluding ortho intramolecular Hbond substituents is 1. The minimum absolute atomic E-state index is 0.00964. The maximum Gasteiger partial charge on any atom is 0.264 e. The van der Waals surface area contributed by atoms with E-state index in [0.29, 0.717) is 31.7 Å². The molecule has 0 saturated carbocycles. The van der Waals surface area contributed by atoms with E-state index in [4.69, 9.17) is 0 Å². The van der Waals surface area contributed by atoms with Crippen molar-refractivity contribution in [2.24, 2.45) is 0 Å². The molecular formula is C16H16N2O3S. The molecule has 0 radical (unpaired) electrons. The van der Waals surface area contributed by atoms with Gasteiger partial charge in [-0.25, -0.2) is 0 Å². The van der Waals surface area contributed by atoms with Crippen molar-refractivity contribution < 1.29 is 14.7 Å². The van der Waals surface area contributed by atoms with Crippen LogP contribution in [-0.4, -0.2) is 52.9 Å². The molecule has 2 amide bonds. The van der Waals surface area contributed by atoms with Crippen LogP contribution in [0, 0.1) is 0 Å². The summed E-state index contributed by atoms with van der Waals surface area (Å²) >= 11 is 1.43. The highest BCUT2D eigenvalue weighted by atomic mass is 32.1. The Morgan fingerprint density at radius 1 is 0.909 bits per heavy atom. The van der Waals surface area contributed by atoms with Crippen molar-refractivity contribution >= 4 is 23.2 Å². The number of phenols is 1. The highest BCUT2D eigenvalue weighted by molar-refractivity contribution is 7.12. The Labute approximate surface area is 132 Å². The standard InChI is InChI=1S/C16H16N2O3S/c19-13-5-2-1-4-12(13)15(20)17-7-9-18(10-8-17)16(21)14-6-3-11-22-14/h1-6,11,19H,7-10H2. The fraction of sp³-hybridized carbons (Fsp3) is 0.250. The molecule has 0 unspecified atom stereocenters. The number of carbonyl (C=O) groups is 2. The van der Waals surface area contributed by atoms with E-state index in [1.165, 1.54) is 17.4 Å². The van der Waals surface area contributed by atoms with Crippen LogP contribution in [0.4, 0.5) is 0 Å². The molecule has 1 aromatic heterocycles. The largest absolute Gasteiger partial charge is 0.507 e.